The summed E-state index contributed by atoms with van der Waals surface area (Å²) in [5.74, 6) is 0.774. The van der Waals surface area contributed by atoms with Crippen molar-refractivity contribution >= 4 is 12.3 Å². The van der Waals surface area contributed by atoms with Gasteiger partial charge in [-0.25, -0.2) is 4.79 Å². The Morgan fingerprint density at radius 2 is 2.00 bits per heavy atom. The van der Waals surface area contributed by atoms with Crippen LogP contribution in [0.1, 0.15) is 40.0 Å². The molecule has 16 heavy (non-hydrogen) atoms. The molecular weight excluding hydrogens is 208 g/mol. The van der Waals surface area contributed by atoms with E-state index in [2.05, 4.69) is 20.8 Å². The maximum Gasteiger partial charge on any atom is 0.371 e. The molecule has 0 unspecified atom stereocenters. The Morgan fingerprint density at radius 1 is 1.38 bits per heavy atom. The highest BCUT2D eigenvalue weighted by atomic mass is 16.5. The first-order chi connectivity index (χ1) is 7.04. The molecular formula is C12H22O4. The number of esters is 1. The standard InChI is InChI=1S/C12H20O3.H2O/c1-8(2)10-5-4-9(3)6-11(10)15-12(14)7-13;/h7-11H,4-6H2,1-3H3;1H2/t9-,10+,11-;/m0./s1. The first-order valence-corrected chi connectivity index (χ1v) is 5.70. The molecule has 1 saturated carbocycles. The quantitative estimate of drug-likeness (QED) is 0.417. The Bertz CT molecular complexity index is 237. The maximum atomic E-state index is 11.0. The summed E-state index contributed by atoms with van der Waals surface area (Å²) in [6.45, 7) is 6.45. The maximum absolute atomic E-state index is 11.0. The van der Waals surface area contributed by atoms with Gasteiger partial charge in [0, 0.05) is 0 Å². The number of carbonyl (C=O) groups excluding carboxylic acids is 2. The molecule has 0 aromatic heterocycles. The SMILES string of the molecule is CC(C)[C@H]1CC[C@H](C)C[C@@H]1OC(=O)C=O.O. The Labute approximate surface area is 96.7 Å². The number of rotatable bonds is 3. The average molecular weight is 230 g/mol. The van der Waals surface area contributed by atoms with Crippen molar-refractivity contribution < 1.29 is 19.8 Å². The van der Waals surface area contributed by atoms with Gasteiger partial charge >= 0.3 is 5.97 Å². The number of hydrogen-bond acceptors (Lipinski definition) is 3. The molecule has 4 heteroatoms. The zero-order chi connectivity index (χ0) is 11.4. The van der Waals surface area contributed by atoms with Crippen LogP contribution in [0.2, 0.25) is 0 Å². The minimum atomic E-state index is -0.722. The molecule has 0 bridgehead atoms. The highest BCUT2D eigenvalue weighted by molar-refractivity contribution is 6.20. The molecule has 94 valence electrons. The molecule has 0 aliphatic heterocycles. The molecule has 1 rings (SSSR count). The van der Waals surface area contributed by atoms with Crippen LogP contribution in [-0.4, -0.2) is 23.8 Å². The summed E-state index contributed by atoms with van der Waals surface area (Å²) in [6, 6.07) is 0. The highest BCUT2D eigenvalue weighted by Gasteiger charge is 2.33. The van der Waals surface area contributed by atoms with E-state index in [1.54, 1.807) is 0 Å². The van der Waals surface area contributed by atoms with E-state index >= 15 is 0 Å². The molecule has 3 atom stereocenters. The molecule has 1 fully saturated rings. The molecule has 0 amide bonds. The van der Waals surface area contributed by atoms with Crippen LogP contribution in [-0.2, 0) is 14.3 Å². The Kier molecular flexibility index (Phi) is 6.26. The van der Waals surface area contributed by atoms with Crippen molar-refractivity contribution in [3.05, 3.63) is 0 Å². The molecule has 2 N–H and O–H groups in total. The van der Waals surface area contributed by atoms with Crippen molar-refractivity contribution in [1.82, 2.24) is 0 Å². The van der Waals surface area contributed by atoms with Crippen LogP contribution in [0.5, 0.6) is 0 Å². The number of aldehydes is 1. The van der Waals surface area contributed by atoms with Gasteiger partial charge in [0.15, 0.2) is 0 Å². The van der Waals surface area contributed by atoms with Crippen molar-refractivity contribution in [2.75, 3.05) is 0 Å². The van der Waals surface area contributed by atoms with Gasteiger partial charge in [0.2, 0.25) is 6.29 Å². The third-order valence-corrected chi connectivity index (χ3v) is 3.33. The molecule has 0 saturated heterocycles. The average Bonchev–Trinajstić information content (AvgIpc) is 2.17. The van der Waals surface area contributed by atoms with E-state index < -0.39 is 5.97 Å². The van der Waals surface area contributed by atoms with Crippen LogP contribution in [0.3, 0.4) is 0 Å². The Balaban J connectivity index is 0.00000225. The van der Waals surface area contributed by atoms with E-state index in [4.69, 9.17) is 4.74 Å². The summed E-state index contributed by atoms with van der Waals surface area (Å²) in [5.41, 5.74) is 0. The third-order valence-electron chi connectivity index (χ3n) is 3.33. The van der Waals surface area contributed by atoms with Crippen molar-refractivity contribution in [3.63, 3.8) is 0 Å². The van der Waals surface area contributed by atoms with Crippen molar-refractivity contribution in [2.24, 2.45) is 17.8 Å². The Hall–Kier alpha value is -0.900. The second-order valence-corrected chi connectivity index (χ2v) is 4.92. The monoisotopic (exact) mass is 230 g/mol. The lowest BCUT2D eigenvalue weighted by Gasteiger charge is -2.36. The summed E-state index contributed by atoms with van der Waals surface area (Å²) in [6.07, 6.45) is 3.37. The summed E-state index contributed by atoms with van der Waals surface area (Å²) >= 11 is 0. The van der Waals surface area contributed by atoms with Crippen LogP contribution in [0.25, 0.3) is 0 Å². The van der Waals surface area contributed by atoms with Gasteiger partial charge in [-0.05, 0) is 30.6 Å². The van der Waals surface area contributed by atoms with Crippen molar-refractivity contribution in [3.8, 4) is 0 Å². The summed E-state index contributed by atoms with van der Waals surface area (Å²) in [4.78, 5) is 21.2. The molecule has 0 aromatic rings. The van der Waals surface area contributed by atoms with Crippen LogP contribution in [0.4, 0.5) is 0 Å². The van der Waals surface area contributed by atoms with Crippen molar-refractivity contribution in [1.29, 1.82) is 0 Å². The number of ether oxygens (including phenoxy) is 1. The minimum Gasteiger partial charge on any atom is -0.457 e. The van der Waals surface area contributed by atoms with Gasteiger partial charge in [-0.15, -0.1) is 0 Å². The van der Waals surface area contributed by atoms with Crippen LogP contribution >= 0.6 is 0 Å². The van der Waals surface area contributed by atoms with Gasteiger partial charge in [-0.2, -0.15) is 0 Å². The lowest BCUT2D eigenvalue weighted by Crippen LogP contribution is -2.36. The van der Waals surface area contributed by atoms with Crippen LogP contribution in [0, 0.1) is 17.8 Å². The van der Waals surface area contributed by atoms with Gasteiger partial charge < -0.3 is 10.2 Å². The van der Waals surface area contributed by atoms with E-state index in [1.165, 1.54) is 6.42 Å². The second-order valence-electron chi connectivity index (χ2n) is 4.92. The van der Waals surface area contributed by atoms with Gasteiger partial charge in [0.25, 0.3) is 0 Å². The minimum absolute atomic E-state index is 0. The fraction of sp³-hybridized carbons (Fsp3) is 0.833. The Morgan fingerprint density at radius 3 is 2.50 bits per heavy atom. The van der Waals surface area contributed by atoms with E-state index in [9.17, 15) is 9.59 Å². The molecule has 4 nitrogen and oxygen atoms in total. The lowest BCUT2D eigenvalue weighted by molar-refractivity contribution is -0.158. The summed E-state index contributed by atoms with van der Waals surface area (Å²) in [5, 5.41) is 0. The number of carbonyl (C=O) groups is 2. The molecule has 0 heterocycles. The first-order valence-electron chi connectivity index (χ1n) is 5.70. The highest BCUT2D eigenvalue weighted by Crippen LogP contribution is 2.35. The largest absolute Gasteiger partial charge is 0.457 e. The fourth-order valence-electron chi connectivity index (χ4n) is 2.43. The van der Waals surface area contributed by atoms with E-state index in [0.717, 1.165) is 12.8 Å². The zero-order valence-corrected chi connectivity index (χ0v) is 10.2. The van der Waals surface area contributed by atoms with Crippen molar-refractivity contribution in [2.45, 2.75) is 46.1 Å². The molecule has 0 aromatic carbocycles. The molecule has 0 spiro atoms. The van der Waals surface area contributed by atoms with Gasteiger partial charge in [0.05, 0.1) is 0 Å². The smallest absolute Gasteiger partial charge is 0.371 e. The van der Waals surface area contributed by atoms with E-state index in [-0.39, 0.29) is 17.9 Å². The van der Waals surface area contributed by atoms with Gasteiger partial charge in [-0.1, -0.05) is 27.2 Å². The topological polar surface area (TPSA) is 74.9 Å². The summed E-state index contributed by atoms with van der Waals surface area (Å²) in [7, 11) is 0. The zero-order valence-electron chi connectivity index (χ0n) is 10.2. The summed E-state index contributed by atoms with van der Waals surface area (Å²) < 4.78 is 5.18. The normalized spacial score (nSPS) is 29.4. The fourth-order valence-corrected chi connectivity index (χ4v) is 2.43. The lowest BCUT2D eigenvalue weighted by atomic mass is 9.75. The molecule has 1 aliphatic rings. The third kappa shape index (κ3) is 3.93. The van der Waals surface area contributed by atoms with Crippen LogP contribution in [0.15, 0.2) is 0 Å². The first kappa shape index (κ1) is 15.1. The number of hydrogen-bond donors (Lipinski definition) is 0. The van der Waals surface area contributed by atoms with Gasteiger partial charge in [-0.3, -0.25) is 4.79 Å². The molecule has 1 aliphatic carbocycles. The predicted octanol–water partition coefficient (Wildman–Crippen LogP) is 1.36. The van der Waals surface area contributed by atoms with Gasteiger partial charge in [0.1, 0.15) is 6.10 Å². The van der Waals surface area contributed by atoms with E-state index in [1.807, 2.05) is 0 Å². The second kappa shape index (κ2) is 6.63. The predicted molar refractivity (Wildman–Crippen MR) is 60.9 cm³/mol. The van der Waals surface area contributed by atoms with E-state index in [0.29, 0.717) is 17.8 Å². The molecule has 0 radical (unpaired) electrons. The van der Waals surface area contributed by atoms with Crippen LogP contribution < -0.4 is 0 Å².